The molecule has 0 saturated carbocycles. The van der Waals surface area contributed by atoms with Gasteiger partial charge in [-0.05, 0) is 11.6 Å². The smallest absolute Gasteiger partial charge is 0.0964 e. The van der Waals surface area contributed by atoms with E-state index in [9.17, 15) is 0 Å². The third-order valence-corrected chi connectivity index (χ3v) is 3.25. The first-order valence-electron chi connectivity index (χ1n) is 6.90. The van der Waals surface area contributed by atoms with Gasteiger partial charge in [0.25, 0.3) is 0 Å². The number of pyridine rings is 1. The van der Waals surface area contributed by atoms with Gasteiger partial charge in [-0.25, -0.2) is 4.68 Å². The molecule has 2 N–H and O–H groups in total. The number of nitrogens with zero attached hydrogens (tertiary/aromatic N) is 4. The minimum atomic E-state index is 0.0674. The maximum atomic E-state index is 8.84. The van der Waals surface area contributed by atoms with Crippen molar-refractivity contribution in [3.63, 3.8) is 0 Å². The number of fused-ring (bicyclic) bond motifs is 1. The van der Waals surface area contributed by atoms with Crippen molar-refractivity contribution in [2.24, 2.45) is 0 Å². The molecule has 0 aliphatic rings. The Morgan fingerprint density at radius 1 is 1.14 bits per heavy atom. The SMILES string of the molecule is OCCn1cc(CNCc2cccc3cccnc23)nn1. The molecule has 6 heteroatoms. The third-order valence-electron chi connectivity index (χ3n) is 3.25. The molecule has 3 rings (SSSR count). The standard InChI is InChI=1S/C15H17N5O/c21-8-7-20-11-14(18-19-20)10-16-9-13-4-1-3-12-5-2-6-17-15(12)13/h1-6,11,16,21H,7-10H2. The first-order valence-corrected chi connectivity index (χ1v) is 6.90. The van der Waals surface area contributed by atoms with Crippen molar-refractivity contribution in [2.75, 3.05) is 6.61 Å². The van der Waals surface area contributed by atoms with Crippen LogP contribution in [0.5, 0.6) is 0 Å². The zero-order valence-corrected chi connectivity index (χ0v) is 11.6. The van der Waals surface area contributed by atoms with Crippen molar-refractivity contribution in [1.82, 2.24) is 25.3 Å². The topological polar surface area (TPSA) is 75.9 Å². The number of para-hydroxylation sites is 1. The van der Waals surface area contributed by atoms with E-state index < -0.39 is 0 Å². The van der Waals surface area contributed by atoms with Crippen molar-refractivity contribution in [3.05, 3.63) is 54.0 Å². The summed E-state index contributed by atoms with van der Waals surface area (Å²) in [5.41, 5.74) is 3.05. The molecule has 0 aliphatic heterocycles. The fraction of sp³-hybridized carbons (Fsp3) is 0.267. The molecule has 6 nitrogen and oxygen atoms in total. The molecule has 21 heavy (non-hydrogen) atoms. The normalized spacial score (nSPS) is 11.1. The highest BCUT2D eigenvalue weighted by molar-refractivity contribution is 5.81. The number of nitrogens with one attached hydrogen (secondary N) is 1. The van der Waals surface area contributed by atoms with Crippen molar-refractivity contribution in [1.29, 1.82) is 0 Å². The van der Waals surface area contributed by atoms with Gasteiger partial charge in [-0.1, -0.05) is 29.5 Å². The molecule has 1 aromatic carbocycles. The molecule has 0 atom stereocenters. The van der Waals surface area contributed by atoms with Gasteiger partial charge in [0.15, 0.2) is 0 Å². The van der Waals surface area contributed by atoms with E-state index in [0.29, 0.717) is 13.1 Å². The zero-order chi connectivity index (χ0) is 14.5. The first kappa shape index (κ1) is 13.7. The molecule has 0 spiro atoms. The van der Waals surface area contributed by atoms with Gasteiger partial charge in [-0.3, -0.25) is 4.98 Å². The molecule has 108 valence electrons. The van der Waals surface area contributed by atoms with Gasteiger partial charge in [0, 0.05) is 30.9 Å². The van der Waals surface area contributed by atoms with E-state index in [1.54, 1.807) is 4.68 Å². The molecule has 0 saturated heterocycles. The fourth-order valence-corrected chi connectivity index (χ4v) is 2.27. The van der Waals surface area contributed by atoms with E-state index in [1.165, 1.54) is 0 Å². The van der Waals surface area contributed by atoms with Gasteiger partial charge in [0.2, 0.25) is 0 Å². The van der Waals surface area contributed by atoms with Crippen molar-refractivity contribution >= 4 is 10.9 Å². The summed E-state index contributed by atoms with van der Waals surface area (Å²) in [6, 6.07) is 10.2. The number of hydrogen-bond acceptors (Lipinski definition) is 5. The van der Waals surface area contributed by atoms with Crippen molar-refractivity contribution in [2.45, 2.75) is 19.6 Å². The van der Waals surface area contributed by atoms with Crippen LogP contribution in [-0.2, 0) is 19.6 Å². The van der Waals surface area contributed by atoms with Crippen LogP contribution >= 0.6 is 0 Å². The Morgan fingerprint density at radius 3 is 2.95 bits per heavy atom. The molecule has 0 unspecified atom stereocenters. The molecule has 3 aromatic rings. The Hall–Kier alpha value is -2.31. The van der Waals surface area contributed by atoms with E-state index in [1.807, 2.05) is 24.5 Å². The maximum Gasteiger partial charge on any atom is 0.0964 e. The highest BCUT2D eigenvalue weighted by Gasteiger charge is 2.03. The van der Waals surface area contributed by atoms with Gasteiger partial charge < -0.3 is 10.4 Å². The number of hydrogen-bond donors (Lipinski definition) is 2. The van der Waals surface area contributed by atoms with Gasteiger partial charge in [-0.15, -0.1) is 5.10 Å². The van der Waals surface area contributed by atoms with E-state index in [2.05, 4.69) is 38.8 Å². The fourth-order valence-electron chi connectivity index (χ4n) is 2.27. The summed E-state index contributed by atoms with van der Waals surface area (Å²) in [7, 11) is 0. The third kappa shape index (κ3) is 3.24. The van der Waals surface area contributed by atoms with Gasteiger partial charge in [0.1, 0.15) is 0 Å². The molecule has 0 bridgehead atoms. The monoisotopic (exact) mass is 283 g/mol. The minimum absolute atomic E-state index is 0.0674. The minimum Gasteiger partial charge on any atom is -0.394 e. The largest absolute Gasteiger partial charge is 0.394 e. The highest BCUT2D eigenvalue weighted by atomic mass is 16.3. The Bertz CT molecular complexity index is 719. The lowest BCUT2D eigenvalue weighted by Crippen LogP contribution is -2.13. The summed E-state index contributed by atoms with van der Waals surface area (Å²) in [6.45, 7) is 1.90. The Morgan fingerprint density at radius 2 is 2.05 bits per heavy atom. The molecule has 2 heterocycles. The van der Waals surface area contributed by atoms with Crippen LogP contribution in [-0.4, -0.2) is 31.7 Å². The molecule has 0 radical (unpaired) electrons. The summed E-state index contributed by atoms with van der Waals surface area (Å²) in [5, 5.41) is 21.3. The second-order valence-corrected chi connectivity index (χ2v) is 4.79. The molecular formula is C15H17N5O. The van der Waals surface area contributed by atoms with Gasteiger partial charge in [-0.2, -0.15) is 0 Å². The van der Waals surface area contributed by atoms with E-state index in [-0.39, 0.29) is 6.61 Å². The van der Waals surface area contributed by atoms with Gasteiger partial charge in [0.05, 0.1) is 24.4 Å². The summed E-state index contributed by atoms with van der Waals surface area (Å²) >= 11 is 0. The number of aliphatic hydroxyl groups is 1. The predicted molar refractivity (Wildman–Crippen MR) is 79.4 cm³/mol. The van der Waals surface area contributed by atoms with E-state index >= 15 is 0 Å². The Balaban J connectivity index is 1.63. The Labute approximate surface area is 122 Å². The lowest BCUT2D eigenvalue weighted by Gasteiger charge is -2.06. The van der Waals surface area contributed by atoms with Gasteiger partial charge >= 0.3 is 0 Å². The molecule has 0 fully saturated rings. The van der Waals surface area contributed by atoms with Crippen LogP contribution in [0, 0.1) is 0 Å². The molecule has 2 aromatic heterocycles. The molecule has 0 amide bonds. The lowest BCUT2D eigenvalue weighted by atomic mass is 10.1. The van der Waals surface area contributed by atoms with Crippen LogP contribution in [0.4, 0.5) is 0 Å². The number of aromatic nitrogens is 4. The summed E-state index contributed by atoms with van der Waals surface area (Å²) < 4.78 is 1.64. The lowest BCUT2D eigenvalue weighted by molar-refractivity contribution is 0.268. The predicted octanol–water partition coefficient (Wildman–Crippen LogP) is 1.11. The van der Waals surface area contributed by atoms with Crippen LogP contribution < -0.4 is 5.32 Å². The summed E-state index contributed by atoms with van der Waals surface area (Å²) in [6.07, 6.45) is 3.65. The highest BCUT2D eigenvalue weighted by Crippen LogP contribution is 2.15. The maximum absolute atomic E-state index is 8.84. The van der Waals surface area contributed by atoms with Crippen molar-refractivity contribution < 1.29 is 5.11 Å². The zero-order valence-electron chi connectivity index (χ0n) is 11.6. The quantitative estimate of drug-likeness (QED) is 0.708. The Kier molecular flexibility index (Phi) is 4.18. The van der Waals surface area contributed by atoms with E-state index in [4.69, 9.17) is 5.11 Å². The second kappa shape index (κ2) is 6.43. The number of benzene rings is 1. The number of rotatable bonds is 6. The molecule has 0 aliphatic carbocycles. The summed E-state index contributed by atoms with van der Waals surface area (Å²) in [5.74, 6) is 0. The van der Waals surface area contributed by atoms with E-state index in [0.717, 1.165) is 28.7 Å². The first-order chi connectivity index (χ1) is 10.4. The van der Waals surface area contributed by atoms with Crippen LogP contribution in [0.25, 0.3) is 10.9 Å². The van der Waals surface area contributed by atoms with Crippen LogP contribution in [0.15, 0.2) is 42.7 Å². The number of aliphatic hydroxyl groups excluding tert-OH is 1. The average Bonchev–Trinajstić information content (AvgIpc) is 2.96. The molecular weight excluding hydrogens is 266 g/mol. The second-order valence-electron chi connectivity index (χ2n) is 4.79. The van der Waals surface area contributed by atoms with Crippen LogP contribution in [0.2, 0.25) is 0 Å². The van der Waals surface area contributed by atoms with Crippen LogP contribution in [0.3, 0.4) is 0 Å². The summed E-state index contributed by atoms with van der Waals surface area (Å²) in [4.78, 5) is 4.44. The van der Waals surface area contributed by atoms with Crippen LogP contribution in [0.1, 0.15) is 11.3 Å². The average molecular weight is 283 g/mol. The van der Waals surface area contributed by atoms with Crippen molar-refractivity contribution in [3.8, 4) is 0 Å².